The summed E-state index contributed by atoms with van der Waals surface area (Å²) in [6.07, 6.45) is 0. The minimum absolute atomic E-state index is 0.247. The Morgan fingerprint density at radius 3 is 2.39 bits per heavy atom. The summed E-state index contributed by atoms with van der Waals surface area (Å²) in [6, 6.07) is 18.0. The average Bonchev–Trinajstić information content (AvgIpc) is 2.75. The first kappa shape index (κ1) is 19.9. The maximum Gasteiger partial charge on any atom is 0.344 e. The average molecular weight is 415 g/mol. The number of nitrogens with one attached hydrogen (secondary N) is 1. The molecule has 1 amide bonds. The summed E-state index contributed by atoms with van der Waals surface area (Å²) >= 11 is 0. The molecule has 0 fully saturated rings. The van der Waals surface area contributed by atoms with Gasteiger partial charge in [0.05, 0.1) is 5.56 Å². The number of aryl methyl sites for hydroxylation is 1. The van der Waals surface area contributed by atoms with E-state index < -0.39 is 17.5 Å². The number of carboxylic acid groups (broad SMARTS) is 1. The standard InChI is InChI=1S/C24H17NO6/c1-13-10-17(12-19(21(13)26)23(28)29)25-22(27)15-8-6-14(7-9-15)18-11-16-4-2-3-5-20(16)31-24(18)30/h2-12,26H,1H3,(H,25,27)(H,28,29). The fourth-order valence-corrected chi connectivity index (χ4v) is 3.28. The summed E-state index contributed by atoms with van der Waals surface area (Å²) in [5.74, 6) is -2.10. The maximum absolute atomic E-state index is 12.6. The van der Waals surface area contributed by atoms with Crippen LogP contribution in [0.25, 0.3) is 22.1 Å². The van der Waals surface area contributed by atoms with Crippen LogP contribution in [-0.2, 0) is 0 Å². The number of phenols is 1. The Bertz CT molecular complexity index is 1390. The molecule has 3 N–H and O–H groups in total. The van der Waals surface area contributed by atoms with E-state index in [-0.39, 0.29) is 17.0 Å². The Kier molecular flexibility index (Phi) is 5.00. The molecule has 7 heteroatoms. The number of amides is 1. The molecule has 4 rings (SSSR count). The Balaban J connectivity index is 1.60. The Hall–Kier alpha value is -4.39. The molecule has 0 aliphatic rings. The number of rotatable bonds is 4. The largest absolute Gasteiger partial charge is 0.507 e. The Labute approximate surface area is 176 Å². The second kappa shape index (κ2) is 7.79. The van der Waals surface area contributed by atoms with Crippen LogP contribution in [0.1, 0.15) is 26.3 Å². The number of carbonyl (C=O) groups excluding carboxylic acids is 1. The van der Waals surface area contributed by atoms with E-state index in [9.17, 15) is 24.6 Å². The second-order valence-electron chi connectivity index (χ2n) is 7.01. The van der Waals surface area contributed by atoms with Crippen molar-refractivity contribution in [3.05, 3.63) is 93.8 Å². The van der Waals surface area contributed by atoms with Crippen LogP contribution in [0.15, 0.2) is 75.9 Å². The van der Waals surface area contributed by atoms with Gasteiger partial charge >= 0.3 is 11.6 Å². The van der Waals surface area contributed by atoms with Gasteiger partial charge in [-0.2, -0.15) is 0 Å². The molecule has 0 spiro atoms. The van der Waals surface area contributed by atoms with Crippen LogP contribution >= 0.6 is 0 Å². The highest BCUT2D eigenvalue weighted by molar-refractivity contribution is 6.05. The summed E-state index contributed by atoms with van der Waals surface area (Å²) in [6.45, 7) is 1.54. The lowest BCUT2D eigenvalue weighted by Gasteiger charge is -2.10. The van der Waals surface area contributed by atoms with Gasteiger partial charge in [-0.15, -0.1) is 0 Å². The fourth-order valence-electron chi connectivity index (χ4n) is 3.28. The third kappa shape index (κ3) is 3.89. The third-order valence-electron chi connectivity index (χ3n) is 4.89. The summed E-state index contributed by atoms with van der Waals surface area (Å²) in [4.78, 5) is 36.2. The first-order chi connectivity index (χ1) is 14.8. The molecule has 0 aliphatic carbocycles. The summed E-state index contributed by atoms with van der Waals surface area (Å²) < 4.78 is 5.35. The normalized spacial score (nSPS) is 10.7. The zero-order valence-electron chi connectivity index (χ0n) is 16.4. The van der Waals surface area contributed by atoms with Gasteiger partial charge in [0.15, 0.2) is 0 Å². The van der Waals surface area contributed by atoms with E-state index in [1.807, 2.05) is 12.1 Å². The van der Waals surface area contributed by atoms with Gasteiger partial charge in [0.2, 0.25) is 0 Å². The van der Waals surface area contributed by atoms with Crippen molar-refractivity contribution in [2.75, 3.05) is 5.32 Å². The van der Waals surface area contributed by atoms with Crippen LogP contribution in [0.2, 0.25) is 0 Å². The van der Waals surface area contributed by atoms with E-state index in [1.54, 1.807) is 49.4 Å². The van der Waals surface area contributed by atoms with Crippen LogP contribution in [-0.4, -0.2) is 22.1 Å². The lowest BCUT2D eigenvalue weighted by Crippen LogP contribution is -2.13. The number of hydrogen-bond donors (Lipinski definition) is 3. The van der Waals surface area contributed by atoms with E-state index in [4.69, 9.17) is 4.42 Å². The number of para-hydroxylation sites is 1. The van der Waals surface area contributed by atoms with Crippen molar-refractivity contribution in [1.29, 1.82) is 0 Å². The molecule has 0 unspecified atom stereocenters. The zero-order valence-corrected chi connectivity index (χ0v) is 16.4. The molecule has 0 atom stereocenters. The molecule has 0 radical (unpaired) electrons. The highest BCUT2D eigenvalue weighted by atomic mass is 16.4. The Morgan fingerprint density at radius 1 is 0.968 bits per heavy atom. The molecule has 31 heavy (non-hydrogen) atoms. The number of hydrogen-bond acceptors (Lipinski definition) is 5. The molecule has 4 aromatic rings. The van der Waals surface area contributed by atoms with Gasteiger partial charge < -0.3 is 19.9 Å². The van der Waals surface area contributed by atoms with Crippen LogP contribution in [0.3, 0.4) is 0 Å². The minimum Gasteiger partial charge on any atom is -0.507 e. The fraction of sp³-hybridized carbons (Fsp3) is 0.0417. The van der Waals surface area contributed by atoms with Crippen molar-refractivity contribution >= 4 is 28.5 Å². The van der Waals surface area contributed by atoms with Gasteiger partial charge in [0.25, 0.3) is 5.91 Å². The highest BCUT2D eigenvalue weighted by Gasteiger charge is 2.15. The van der Waals surface area contributed by atoms with Gasteiger partial charge in [-0.05, 0) is 54.4 Å². The number of aromatic hydroxyl groups is 1. The van der Waals surface area contributed by atoms with Crippen LogP contribution in [0.4, 0.5) is 5.69 Å². The summed E-state index contributed by atoms with van der Waals surface area (Å²) in [5, 5.41) is 22.4. The maximum atomic E-state index is 12.6. The number of benzene rings is 3. The van der Waals surface area contributed by atoms with Crippen molar-refractivity contribution in [2.45, 2.75) is 6.92 Å². The number of fused-ring (bicyclic) bond motifs is 1. The van der Waals surface area contributed by atoms with Crippen LogP contribution in [0, 0.1) is 6.92 Å². The van der Waals surface area contributed by atoms with Crippen LogP contribution in [0.5, 0.6) is 5.75 Å². The molecule has 0 saturated carbocycles. The van der Waals surface area contributed by atoms with E-state index >= 15 is 0 Å². The summed E-state index contributed by atoms with van der Waals surface area (Å²) in [7, 11) is 0. The Morgan fingerprint density at radius 2 is 1.68 bits per heavy atom. The predicted octanol–water partition coefficient (Wildman–Crippen LogP) is 4.42. The molecule has 0 bridgehead atoms. The monoisotopic (exact) mass is 415 g/mol. The first-order valence-corrected chi connectivity index (χ1v) is 9.35. The van der Waals surface area contributed by atoms with Gasteiger partial charge in [0, 0.05) is 16.6 Å². The molecule has 0 saturated heterocycles. The van der Waals surface area contributed by atoms with E-state index in [0.717, 1.165) is 5.39 Å². The topological polar surface area (TPSA) is 117 Å². The molecule has 7 nitrogen and oxygen atoms in total. The number of carbonyl (C=O) groups is 2. The van der Waals surface area contributed by atoms with Gasteiger partial charge in [-0.3, -0.25) is 4.79 Å². The van der Waals surface area contributed by atoms with Gasteiger partial charge in [-0.25, -0.2) is 9.59 Å². The lowest BCUT2D eigenvalue weighted by atomic mass is 10.0. The predicted molar refractivity (Wildman–Crippen MR) is 116 cm³/mol. The SMILES string of the molecule is Cc1cc(NC(=O)c2ccc(-c3cc4ccccc4oc3=O)cc2)cc(C(=O)O)c1O. The van der Waals surface area contributed by atoms with E-state index in [2.05, 4.69) is 5.32 Å². The zero-order chi connectivity index (χ0) is 22.1. The molecular formula is C24H17NO6. The van der Waals surface area contributed by atoms with Crippen molar-refractivity contribution in [1.82, 2.24) is 0 Å². The summed E-state index contributed by atoms with van der Waals surface area (Å²) in [5.41, 5.74) is 1.60. The van der Waals surface area contributed by atoms with Crippen LogP contribution < -0.4 is 10.9 Å². The molecule has 1 aromatic heterocycles. The van der Waals surface area contributed by atoms with E-state index in [1.165, 1.54) is 12.1 Å². The highest BCUT2D eigenvalue weighted by Crippen LogP contribution is 2.27. The number of aromatic carboxylic acids is 1. The third-order valence-corrected chi connectivity index (χ3v) is 4.89. The molecule has 154 valence electrons. The van der Waals surface area contributed by atoms with Crippen molar-refractivity contribution in [2.24, 2.45) is 0 Å². The van der Waals surface area contributed by atoms with Crippen molar-refractivity contribution in [3.8, 4) is 16.9 Å². The second-order valence-corrected chi connectivity index (χ2v) is 7.01. The molecule has 1 heterocycles. The molecule has 0 aliphatic heterocycles. The van der Waals surface area contributed by atoms with Gasteiger partial charge in [-0.1, -0.05) is 30.3 Å². The molecule has 3 aromatic carbocycles. The van der Waals surface area contributed by atoms with Crippen molar-refractivity contribution < 1.29 is 24.2 Å². The van der Waals surface area contributed by atoms with Gasteiger partial charge in [0.1, 0.15) is 16.9 Å². The smallest absolute Gasteiger partial charge is 0.344 e. The number of anilines is 1. The molecular weight excluding hydrogens is 398 g/mol. The van der Waals surface area contributed by atoms with E-state index in [0.29, 0.717) is 27.8 Å². The number of carboxylic acids is 1. The first-order valence-electron chi connectivity index (χ1n) is 9.35. The lowest BCUT2D eigenvalue weighted by molar-refractivity contribution is 0.0693. The van der Waals surface area contributed by atoms with Crippen molar-refractivity contribution in [3.63, 3.8) is 0 Å². The quantitative estimate of drug-likeness (QED) is 0.335. The minimum atomic E-state index is -1.30.